The summed E-state index contributed by atoms with van der Waals surface area (Å²) in [4.78, 5) is 21.5. The molecular formula is C10H16N2O3. The lowest BCUT2D eigenvalue weighted by molar-refractivity contribution is -0.121. The topological polar surface area (TPSA) is 78.4 Å². The Morgan fingerprint density at radius 3 is 2.53 bits per heavy atom. The Morgan fingerprint density at radius 2 is 2.07 bits per heavy atom. The fraction of sp³-hybridized carbons (Fsp3) is 0.600. The smallest absolute Gasteiger partial charge is 0.405 e. The molecule has 0 spiro atoms. The summed E-state index contributed by atoms with van der Waals surface area (Å²) < 4.78 is 0. The lowest BCUT2D eigenvalue weighted by Gasteiger charge is -2.23. The van der Waals surface area contributed by atoms with Gasteiger partial charge in [-0.1, -0.05) is 5.92 Å². The molecular weight excluding hydrogens is 196 g/mol. The van der Waals surface area contributed by atoms with Gasteiger partial charge in [-0.15, -0.1) is 6.42 Å². The average Bonchev–Trinajstić information content (AvgIpc) is 2.09. The van der Waals surface area contributed by atoms with Crippen LogP contribution < -0.4 is 10.6 Å². The van der Waals surface area contributed by atoms with Crippen molar-refractivity contribution in [3.63, 3.8) is 0 Å². The first kappa shape index (κ1) is 13.3. The number of nitrogens with one attached hydrogen (secondary N) is 2. The Labute approximate surface area is 89.2 Å². The summed E-state index contributed by atoms with van der Waals surface area (Å²) in [6, 6.07) is 0. The number of amides is 2. The van der Waals surface area contributed by atoms with Crippen LogP contribution in [0.15, 0.2) is 0 Å². The highest BCUT2D eigenvalue weighted by Crippen LogP contribution is 2.10. The molecule has 2 amide bonds. The van der Waals surface area contributed by atoms with Gasteiger partial charge in [-0.25, -0.2) is 4.79 Å². The van der Waals surface area contributed by atoms with Crippen LogP contribution in [-0.2, 0) is 4.79 Å². The van der Waals surface area contributed by atoms with Gasteiger partial charge in [-0.05, 0) is 20.3 Å². The van der Waals surface area contributed by atoms with Crippen LogP contribution in [0.5, 0.6) is 0 Å². The number of carboxylic acid groups (broad SMARTS) is 1. The molecule has 0 radical (unpaired) electrons. The van der Waals surface area contributed by atoms with Crippen LogP contribution in [0.4, 0.5) is 4.79 Å². The van der Waals surface area contributed by atoms with Gasteiger partial charge in [0.05, 0.1) is 6.54 Å². The molecule has 0 aromatic carbocycles. The summed E-state index contributed by atoms with van der Waals surface area (Å²) in [7, 11) is 0. The Hall–Kier alpha value is -1.70. The molecule has 84 valence electrons. The van der Waals surface area contributed by atoms with Crippen LogP contribution in [0, 0.1) is 12.3 Å². The molecule has 0 aliphatic heterocycles. The molecule has 0 aliphatic carbocycles. The van der Waals surface area contributed by atoms with E-state index in [1.165, 1.54) is 0 Å². The highest BCUT2D eigenvalue weighted by Gasteiger charge is 2.20. The van der Waals surface area contributed by atoms with Gasteiger partial charge in [0.25, 0.3) is 0 Å². The molecule has 0 bridgehead atoms. The first-order valence-electron chi connectivity index (χ1n) is 4.58. The maximum atomic E-state index is 11.2. The third-order valence-corrected chi connectivity index (χ3v) is 1.81. The van der Waals surface area contributed by atoms with Crippen molar-refractivity contribution in [2.75, 3.05) is 6.54 Å². The quantitative estimate of drug-likeness (QED) is 0.583. The van der Waals surface area contributed by atoms with Crippen LogP contribution in [0.2, 0.25) is 0 Å². The van der Waals surface area contributed by atoms with Crippen molar-refractivity contribution in [1.82, 2.24) is 10.6 Å². The Kier molecular flexibility index (Phi) is 5.24. The molecule has 5 heteroatoms. The van der Waals surface area contributed by atoms with Crippen LogP contribution >= 0.6 is 0 Å². The second-order valence-electron chi connectivity index (χ2n) is 3.79. The molecule has 0 aromatic heterocycles. The van der Waals surface area contributed by atoms with Crippen molar-refractivity contribution in [3.05, 3.63) is 0 Å². The maximum Gasteiger partial charge on any atom is 0.405 e. The zero-order valence-corrected chi connectivity index (χ0v) is 8.96. The van der Waals surface area contributed by atoms with E-state index in [0.29, 0.717) is 6.42 Å². The summed E-state index contributed by atoms with van der Waals surface area (Å²) in [6.45, 7) is 3.64. The van der Waals surface area contributed by atoms with Gasteiger partial charge in [-0.3, -0.25) is 4.79 Å². The fourth-order valence-electron chi connectivity index (χ4n) is 1.02. The maximum absolute atomic E-state index is 11.2. The van der Waals surface area contributed by atoms with E-state index < -0.39 is 11.6 Å². The number of hydrogen-bond donors (Lipinski definition) is 3. The van der Waals surface area contributed by atoms with Crippen molar-refractivity contribution in [2.45, 2.75) is 32.2 Å². The zero-order chi connectivity index (χ0) is 11.9. The Bertz CT molecular complexity index is 279. The third kappa shape index (κ3) is 7.38. The van der Waals surface area contributed by atoms with E-state index in [1.807, 2.05) is 0 Å². The summed E-state index contributed by atoms with van der Waals surface area (Å²) in [5, 5.41) is 13.4. The number of terminal acetylenes is 1. The minimum Gasteiger partial charge on any atom is -0.465 e. The SMILES string of the molecule is C#CCNC(=O)CCC(C)(C)NC(=O)O. The number of carbonyl (C=O) groups excluding carboxylic acids is 1. The molecule has 0 saturated carbocycles. The van der Waals surface area contributed by atoms with E-state index in [0.717, 1.165) is 0 Å². The lowest BCUT2D eigenvalue weighted by atomic mass is 9.98. The Morgan fingerprint density at radius 1 is 1.47 bits per heavy atom. The van der Waals surface area contributed by atoms with E-state index in [9.17, 15) is 9.59 Å². The molecule has 0 atom stereocenters. The molecule has 0 unspecified atom stereocenters. The summed E-state index contributed by atoms with van der Waals surface area (Å²) >= 11 is 0. The van der Waals surface area contributed by atoms with E-state index in [2.05, 4.69) is 16.6 Å². The van der Waals surface area contributed by atoms with Crippen LogP contribution in [-0.4, -0.2) is 29.2 Å². The molecule has 0 fully saturated rings. The summed E-state index contributed by atoms with van der Waals surface area (Å²) in [5.74, 6) is 2.11. The Balaban J connectivity index is 3.88. The monoisotopic (exact) mass is 212 g/mol. The van der Waals surface area contributed by atoms with E-state index >= 15 is 0 Å². The van der Waals surface area contributed by atoms with Crippen LogP contribution in [0.1, 0.15) is 26.7 Å². The first-order valence-corrected chi connectivity index (χ1v) is 4.58. The summed E-state index contributed by atoms with van der Waals surface area (Å²) in [5.41, 5.74) is -0.612. The first-order chi connectivity index (χ1) is 6.87. The van der Waals surface area contributed by atoms with Gasteiger partial charge in [0.15, 0.2) is 0 Å². The minimum atomic E-state index is -1.09. The largest absolute Gasteiger partial charge is 0.465 e. The predicted octanol–water partition coefficient (Wildman–Crippen LogP) is 0.562. The summed E-state index contributed by atoms with van der Waals surface area (Å²) in [6.07, 6.45) is 4.55. The fourth-order valence-corrected chi connectivity index (χ4v) is 1.02. The van der Waals surface area contributed by atoms with Gasteiger partial charge >= 0.3 is 6.09 Å². The van der Waals surface area contributed by atoms with Gasteiger partial charge in [0, 0.05) is 12.0 Å². The van der Waals surface area contributed by atoms with Gasteiger partial charge in [0.1, 0.15) is 0 Å². The predicted molar refractivity (Wildman–Crippen MR) is 56.3 cm³/mol. The van der Waals surface area contributed by atoms with E-state index in [4.69, 9.17) is 11.5 Å². The van der Waals surface area contributed by atoms with Crippen molar-refractivity contribution >= 4 is 12.0 Å². The molecule has 0 saturated heterocycles. The number of hydrogen-bond acceptors (Lipinski definition) is 2. The molecule has 5 nitrogen and oxygen atoms in total. The molecule has 0 aromatic rings. The highest BCUT2D eigenvalue weighted by atomic mass is 16.4. The zero-order valence-electron chi connectivity index (χ0n) is 8.96. The van der Waals surface area contributed by atoms with Gasteiger partial charge < -0.3 is 15.7 Å². The number of carbonyl (C=O) groups is 2. The van der Waals surface area contributed by atoms with Crippen molar-refractivity contribution in [2.24, 2.45) is 0 Å². The molecule has 0 aliphatic rings. The van der Waals surface area contributed by atoms with Gasteiger partial charge in [-0.2, -0.15) is 0 Å². The van der Waals surface area contributed by atoms with Crippen molar-refractivity contribution in [1.29, 1.82) is 0 Å². The van der Waals surface area contributed by atoms with Gasteiger partial charge in [0.2, 0.25) is 5.91 Å². The van der Waals surface area contributed by atoms with E-state index in [1.54, 1.807) is 13.8 Å². The highest BCUT2D eigenvalue weighted by molar-refractivity contribution is 5.76. The van der Waals surface area contributed by atoms with Crippen LogP contribution in [0.25, 0.3) is 0 Å². The molecule has 15 heavy (non-hydrogen) atoms. The third-order valence-electron chi connectivity index (χ3n) is 1.81. The van der Waals surface area contributed by atoms with Crippen LogP contribution in [0.3, 0.4) is 0 Å². The normalized spacial score (nSPS) is 10.2. The lowest BCUT2D eigenvalue weighted by Crippen LogP contribution is -2.43. The average molecular weight is 212 g/mol. The van der Waals surface area contributed by atoms with Crippen molar-refractivity contribution in [3.8, 4) is 12.3 Å². The van der Waals surface area contributed by atoms with E-state index in [-0.39, 0.29) is 18.9 Å². The molecule has 0 heterocycles. The molecule has 0 rings (SSSR count). The standard InChI is InChI=1S/C10H16N2O3/c1-4-7-11-8(13)5-6-10(2,3)12-9(14)15/h1,12H,5-7H2,2-3H3,(H,11,13)(H,14,15). The second-order valence-corrected chi connectivity index (χ2v) is 3.79. The minimum absolute atomic E-state index is 0.173. The van der Waals surface area contributed by atoms with Crippen molar-refractivity contribution < 1.29 is 14.7 Å². The second kappa shape index (κ2) is 5.91. The number of rotatable bonds is 5. The molecule has 3 N–H and O–H groups in total.